The number of hydrogen-bond acceptors (Lipinski definition) is 6. The molecule has 154 valence electrons. The summed E-state index contributed by atoms with van der Waals surface area (Å²) in [6.07, 6.45) is 1.36. The quantitative estimate of drug-likeness (QED) is 0.626. The largest absolute Gasteiger partial charge is 0.484 e. The lowest BCUT2D eigenvalue weighted by molar-refractivity contribution is -0.138. The van der Waals surface area contributed by atoms with E-state index >= 15 is 0 Å². The molecule has 0 spiro atoms. The number of likely N-dealkylation sites (tertiary alicyclic amines) is 1. The van der Waals surface area contributed by atoms with E-state index in [-0.39, 0.29) is 18.4 Å². The Balaban J connectivity index is 1.35. The standard InChI is InChI=1S/C21H19ClN4O3S/c22-15-8-10-16(11-9-15)29-13-18(27)26-12-4-7-17(26)19(28)23-21-25-24-20(30-21)14-5-2-1-3-6-14/h1-3,5-6,8-11,17H,4,7,12-13H2,(H,23,25,28). The zero-order valence-corrected chi connectivity index (χ0v) is 17.5. The Morgan fingerprint density at radius 2 is 1.90 bits per heavy atom. The summed E-state index contributed by atoms with van der Waals surface area (Å²) in [6, 6.07) is 15.9. The molecule has 2 heterocycles. The summed E-state index contributed by atoms with van der Waals surface area (Å²) in [7, 11) is 0. The highest BCUT2D eigenvalue weighted by molar-refractivity contribution is 7.18. The fourth-order valence-electron chi connectivity index (χ4n) is 3.26. The topological polar surface area (TPSA) is 84.4 Å². The maximum atomic E-state index is 12.8. The zero-order valence-electron chi connectivity index (χ0n) is 16.0. The first-order valence-corrected chi connectivity index (χ1v) is 10.7. The fourth-order valence-corrected chi connectivity index (χ4v) is 4.13. The number of ether oxygens (including phenoxy) is 1. The number of nitrogens with zero attached hydrogens (tertiary/aromatic N) is 3. The van der Waals surface area contributed by atoms with Gasteiger partial charge in [-0.3, -0.25) is 14.9 Å². The van der Waals surface area contributed by atoms with E-state index in [0.717, 1.165) is 17.0 Å². The molecule has 1 unspecified atom stereocenters. The molecule has 9 heteroatoms. The molecule has 1 fully saturated rings. The van der Waals surface area contributed by atoms with Crippen LogP contribution in [-0.2, 0) is 9.59 Å². The van der Waals surface area contributed by atoms with E-state index in [4.69, 9.17) is 16.3 Å². The second kappa shape index (κ2) is 9.23. The maximum Gasteiger partial charge on any atom is 0.261 e. The smallest absolute Gasteiger partial charge is 0.261 e. The summed E-state index contributed by atoms with van der Waals surface area (Å²) in [5.41, 5.74) is 0.938. The van der Waals surface area contributed by atoms with Crippen molar-refractivity contribution in [1.82, 2.24) is 15.1 Å². The second-order valence-electron chi connectivity index (χ2n) is 6.76. The lowest BCUT2D eigenvalue weighted by atomic mass is 10.2. The number of hydrogen-bond donors (Lipinski definition) is 1. The third-order valence-electron chi connectivity index (χ3n) is 4.73. The van der Waals surface area contributed by atoms with Gasteiger partial charge in [0.15, 0.2) is 6.61 Å². The molecule has 7 nitrogen and oxygen atoms in total. The van der Waals surface area contributed by atoms with Crippen molar-refractivity contribution in [3.05, 3.63) is 59.6 Å². The molecule has 1 aliphatic heterocycles. The number of rotatable bonds is 6. The van der Waals surface area contributed by atoms with Crippen LogP contribution in [-0.4, -0.2) is 46.1 Å². The molecule has 0 saturated carbocycles. The summed E-state index contributed by atoms with van der Waals surface area (Å²) in [4.78, 5) is 26.9. The van der Waals surface area contributed by atoms with Crippen LogP contribution >= 0.6 is 22.9 Å². The van der Waals surface area contributed by atoms with Crippen molar-refractivity contribution in [2.75, 3.05) is 18.5 Å². The molecule has 1 aliphatic rings. The lowest BCUT2D eigenvalue weighted by Crippen LogP contribution is -2.45. The van der Waals surface area contributed by atoms with Gasteiger partial charge in [0.25, 0.3) is 5.91 Å². The Morgan fingerprint density at radius 1 is 1.13 bits per heavy atom. The maximum absolute atomic E-state index is 12.8. The summed E-state index contributed by atoms with van der Waals surface area (Å²) in [6.45, 7) is 0.384. The Labute approximate surface area is 182 Å². The van der Waals surface area contributed by atoms with Crippen molar-refractivity contribution < 1.29 is 14.3 Å². The Morgan fingerprint density at radius 3 is 2.67 bits per heavy atom. The van der Waals surface area contributed by atoms with Gasteiger partial charge in [-0.2, -0.15) is 0 Å². The predicted molar refractivity (Wildman–Crippen MR) is 116 cm³/mol. The third kappa shape index (κ3) is 4.77. The van der Waals surface area contributed by atoms with Gasteiger partial charge in [0.1, 0.15) is 16.8 Å². The highest BCUT2D eigenvalue weighted by Gasteiger charge is 2.34. The summed E-state index contributed by atoms with van der Waals surface area (Å²) >= 11 is 7.15. The molecule has 1 N–H and O–H groups in total. The molecule has 1 aromatic heterocycles. The van der Waals surface area contributed by atoms with E-state index in [1.807, 2.05) is 30.3 Å². The van der Waals surface area contributed by atoms with Crippen LogP contribution in [0.3, 0.4) is 0 Å². The summed E-state index contributed by atoms with van der Waals surface area (Å²) in [5, 5.41) is 12.7. The number of aromatic nitrogens is 2. The molecule has 2 aromatic carbocycles. The number of halogens is 1. The Bertz CT molecular complexity index is 1030. The number of anilines is 1. The Hall–Kier alpha value is -2.97. The van der Waals surface area contributed by atoms with E-state index in [9.17, 15) is 9.59 Å². The molecule has 30 heavy (non-hydrogen) atoms. The minimum absolute atomic E-state index is 0.137. The van der Waals surface area contributed by atoms with E-state index in [1.165, 1.54) is 11.3 Å². The van der Waals surface area contributed by atoms with Gasteiger partial charge in [-0.1, -0.05) is 53.3 Å². The Kier molecular flexibility index (Phi) is 6.25. The van der Waals surface area contributed by atoms with Gasteiger partial charge in [0.2, 0.25) is 11.0 Å². The molecule has 0 radical (unpaired) electrons. The number of nitrogens with one attached hydrogen (secondary N) is 1. The van der Waals surface area contributed by atoms with Crippen LogP contribution in [0.5, 0.6) is 5.75 Å². The van der Waals surface area contributed by atoms with Gasteiger partial charge in [-0.05, 0) is 37.1 Å². The van der Waals surface area contributed by atoms with Crippen molar-refractivity contribution in [2.45, 2.75) is 18.9 Å². The number of amides is 2. The van der Waals surface area contributed by atoms with Crippen LogP contribution in [0.4, 0.5) is 5.13 Å². The first-order chi connectivity index (χ1) is 14.6. The van der Waals surface area contributed by atoms with Crippen LogP contribution in [0.2, 0.25) is 5.02 Å². The molecule has 4 rings (SSSR count). The minimum Gasteiger partial charge on any atom is -0.484 e. The molecule has 1 atom stereocenters. The highest BCUT2D eigenvalue weighted by atomic mass is 35.5. The van der Waals surface area contributed by atoms with Crippen LogP contribution in [0.25, 0.3) is 10.6 Å². The first kappa shape index (κ1) is 20.3. The van der Waals surface area contributed by atoms with E-state index in [2.05, 4.69) is 15.5 Å². The molecular formula is C21H19ClN4O3S. The van der Waals surface area contributed by atoms with Crippen LogP contribution in [0.15, 0.2) is 54.6 Å². The van der Waals surface area contributed by atoms with Gasteiger partial charge in [0, 0.05) is 17.1 Å². The van der Waals surface area contributed by atoms with E-state index in [1.54, 1.807) is 29.2 Å². The van der Waals surface area contributed by atoms with Crippen molar-refractivity contribution >= 4 is 39.9 Å². The van der Waals surface area contributed by atoms with Crippen LogP contribution in [0.1, 0.15) is 12.8 Å². The van der Waals surface area contributed by atoms with E-state index in [0.29, 0.717) is 28.9 Å². The molecular weight excluding hydrogens is 424 g/mol. The van der Waals surface area contributed by atoms with Crippen molar-refractivity contribution in [1.29, 1.82) is 0 Å². The SMILES string of the molecule is O=C(Nc1nnc(-c2ccccc2)s1)C1CCCN1C(=O)COc1ccc(Cl)cc1. The molecule has 0 aliphatic carbocycles. The number of carbonyl (C=O) groups excluding carboxylic acids is 2. The molecule has 0 bridgehead atoms. The monoisotopic (exact) mass is 442 g/mol. The first-order valence-electron chi connectivity index (χ1n) is 9.48. The van der Waals surface area contributed by atoms with Crippen molar-refractivity contribution in [3.8, 4) is 16.3 Å². The summed E-state index contributed by atoms with van der Waals surface area (Å²) in [5.74, 6) is 0.0585. The van der Waals surface area contributed by atoms with Gasteiger partial charge >= 0.3 is 0 Å². The highest BCUT2D eigenvalue weighted by Crippen LogP contribution is 2.27. The van der Waals surface area contributed by atoms with Crippen LogP contribution < -0.4 is 10.1 Å². The average molecular weight is 443 g/mol. The van der Waals surface area contributed by atoms with Crippen molar-refractivity contribution in [2.24, 2.45) is 0 Å². The zero-order chi connectivity index (χ0) is 20.9. The molecule has 1 saturated heterocycles. The fraction of sp³-hybridized carbons (Fsp3) is 0.238. The minimum atomic E-state index is -0.546. The van der Waals surface area contributed by atoms with Gasteiger partial charge < -0.3 is 9.64 Å². The average Bonchev–Trinajstić information content (AvgIpc) is 3.44. The number of carbonyl (C=O) groups is 2. The van der Waals surface area contributed by atoms with Gasteiger partial charge in [0.05, 0.1) is 0 Å². The molecule has 3 aromatic rings. The van der Waals surface area contributed by atoms with Crippen LogP contribution in [0, 0.1) is 0 Å². The van der Waals surface area contributed by atoms with Gasteiger partial charge in [-0.25, -0.2) is 0 Å². The normalized spacial score (nSPS) is 15.8. The second-order valence-corrected chi connectivity index (χ2v) is 8.17. The van der Waals surface area contributed by atoms with E-state index < -0.39 is 6.04 Å². The summed E-state index contributed by atoms with van der Waals surface area (Å²) < 4.78 is 5.53. The van der Waals surface area contributed by atoms with Crippen molar-refractivity contribution in [3.63, 3.8) is 0 Å². The third-order valence-corrected chi connectivity index (χ3v) is 5.87. The lowest BCUT2D eigenvalue weighted by Gasteiger charge is -2.23. The van der Waals surface area contributed by atoms with Gasteiger partial charge in [-0.15, -0.1) is 10.2 Å². The number of benzene rings is 2. The molecule has 2 amide bonds. The predicted octanol–water partition coefficient (Wildman–Crippen LogP) is 3.87.